The van der Waals surface area contributed by atoms with Crippen molar-refractivity contribution in [1.82, 2.24) is 0 Å². The van der Waals surface area contributed by atoms with E-state index < -0.39 is 6.10 Å². The van der Waals surface area contributed by atoms with Crippen LogP contribution in [0.1, 0.15) is 25.5 Å². The molecule has 0 bridgehead atoms. The van der Waals surface area contributed by atoms with Crippen molar-refractivity contribution in [3.8, 4) is 23.7 Å². The Morgan fingerprint density at radius 2 is 1.94 bits per heavy atom. The van der Waals surface area contributed by atoms with Gasteiger partial charge in [0, 0.05) is 12.5 Å². The summed E-state index contributed by atoms with van der Waals surface area (Å²) in [6.07, 6.45) is -0.542. The minimum atomic E-state index is -0.542. The molecule has 0 heterocycles. The van der Waals surface area contributed by atoms with Crippen LogP contribution in [0.15, 0.2) is 30.3 Å². The van der Waals surface area contributed by atoms with E-state index in [1.165, 1.54) is 6.92 Å². The first-order valence-electron chi connectivity index (χ1n) is 4.88. The number of rotatable bonds is 2. The summed E-state index contributed by atoms with van der Waals surface area (Å²) in [7, 11) is 0. The van der Waals surface area contributed by atoms with Crippen LogP contribution in [0.2, 0.25) is 0 Å². The highest BCUT2D eigenvalue weighted by Crippen LogP contribution is 2.15. The first kappa shape index (κ1) is 11.9. The second-order valence-corrected chi connectivity index (χ2v) is 3.04. The third-order valence-corrected chi connectivity index (χ3v) is 1.78. The summed E-state index contributed by atoms with van der Waals surface area (Å²) in [6, 6.07) is 9.37. The number of hydrogen-bond acceptors (Lipinski definition) is 2. The lowest BCUT2D eigenvalue weighted by molar-refractivity contribution is -0.144. The Bertz CT molecular complexity index is 466. The topological polar surface area (TPSA) is 26.3 Å². The SMILES string of the molecule is CC#CC#CC(OC(C)=O)c1ccccc1. The molecule has 0 saturated heterocycles. The Balaban J connectivity index is 2.92. The molecule has 1 atom stereocenters. The molecule has 16 heavy (non-hydrogen) atoms. The number of esters is 1. The van der Waals surface area contributed by atoms with Gasteiger partial charge in [-0.1, -0.05) is 36.3 Å². The predicted molar refractivity (Wildman–Crippen MR) is 62.2 cm³/mol. The van der Waals surface area contributed by atoms with Gasteiger partial charge in [-0.3, -0.25) is 4.79 Å². The minimum Gasteiger partial charge on any atom is -0.444 e. The van der Waals surface area contributed by atoms with E-state index in [1.807, 2.05) is 30.3 Å². The van der Waals surface area contributed by atoms with Gasteiger partial charge in [-0.15, -0.1) is 0 Å². The number of ether oxygens (including phenoxy) is 1. The minimum absolute atomic E-state index is 0.354. The molecule has 0 aromatic heterocycles. The highest BCUT2D eigenvalue weighted by atomic mass is 16.5. The molecule has 1 aromatic carbocycles. The maximum Gasteiger partial charge on any atom is 0.304 e. The van der Waals surface area contributed by atoms with Gasteiger partial charge >= 0.3 is 5.97 Å². The van der Waals surface area contributed by atoms with Gasteiger partial charge in [0.2, 0.25) is 0 Å². The second kappa shape index (κ2) is 6.32. The summed E-state index contributed by atoms with van der Waals surface area (Å²) in [4.78, 5) is 10.9. The first-order valence-corrected chi connectivity index (χ1v) is 4.88. The number of benzene rings is 1. The van der Waals surface area contributed by atoms with Crippen molar-refractivity contribution in [3.05, 3.63) is 35.9 Å². The van der Waals surface area contributed by atoms with Crippen molar-refractivity contribution in [3.63, 3.8) is 0 Å². The monoisotopic (exact) mass is 212 g/mol. The highest BCUT2D eigenvalue weighted by molar-refractivity contribution is 5.66. The van der Waals surface area contributed by atoms with Crippen LogP contribution >= 0.6 is 0 Å². The summed E-state index contributed by atoms with van der Waals surface area (Å²) in [5.41, 5.74) is 0.850. The molecule has 1 rings (SSSR count). The van der Waals surface area contributed by atoms with Crippen molar-refractivity contribution in [2.24, 2.45) is 0 Å². The maximum absolute atomic E-state index is 10.9. The lowest BCUT2D eigenvalue weighted by Gasteiger charge is -2.10. The van der Waals surface area contributed by atoms with Crippen molar-refractivity contribution in [1.29, 1.82) is 0 Å². The van der Waals surface area contributed by atoms with Crippen molar-refractivity contribution in [2.45, 2.75) is 20.0 Å². The van der Waals surface area contributed by atoms with Crippen LogP contribution in [0.4, 0.5) is 0 Å². The van der Waals surface area contributed by atoms with Crippen LogP contribution in [0.5, 0.6) is 0 Å². The molecule has 0 aliphatic rings. The van der Waals surface area contributed by atoms with Gasteiger partial charge in [-0.2, -0.15) is 0 Å². The molecule has 0 aliphatic heterocycles. The Labute approximate surface area is 95.6 Å². The molecule has 2 nitrogen and oxygen atoms in total. The fourth-order valence-electron chi connectivity index (χ4n) is 1.14. The molecule has 0 saturated carbocycles. The largest absolute Gasteiger partial charge is 0.444 e. The van der Waals surface area contributed by atoms with Crippen LogP contribution < -0.4 is 0 Å². The van der Waals surface area contributed by atoms with Gasteiger partial charge in [0.05, 0.1) is 0 Å². The maximum atomic E-state index is 10.9. The summed E-state index contributed by atoms with van der Waals surface area (Å²) < 4.78 is 5.10. The van der Waals surface area contributed by atoms with Crippen LogP contribution in [0.3, 0.4) is 0 Å². The van der Waals surface area contributed by atoms with Crippen LogP contribution in [0.25, 0.3) is 0 Å². The Hall–Kier alpha value is -2.19. The quantitative estimate of drug-likeness (QED) is 0.555. The van der Waals surface area contributed by atoms with Crippen LogP contribution in [-0.2, 0) is 9.53 Å². The molecule has 0 amide bonds. The molecule has 1 unspecified atom stereocenters. The Morgan fingerprint density at radius 1 is 1.25 bits per heavy atom. The van der Waals surface area contributed by atoms with E-state index in [2.05, 4.69) is 23.7 Å². The zero-order valence-electron chi connectivity index (χ0n) is 9.28. The fourth-order valence-corrected chi connectivity index (χ4v) is 1.14. The molecule has 0 fully saturated rings. The van der Waals surface area contributed by atoms with E-state index in [-0.39, 0.29) is 5.97 Å². The van der Waals surface area contributed by atoms with E-state index in [9.17, 15) is 4.79 Å². The molecule has 80 valence electrons. The predicted octanol–water partition coefficient (Wildman–Crippen LogP) is 2.32. The molecule has 0 N–H and O–H groups in total. The van der Waals surface area contributed by atoms with E-state index in [0.717, 1.165) is 5.56 Å². The summed E-state index contributed by atoms with van der Waals surface area (Å²) in [6.45, 7) is 3.07. The number of carbonyl (C=O) groups excluding carboxylic acids is 1. The first-order chi connectivity index (χ1) is 7.74. The van der Waals surface area contributed by atoms with Crippen molar-refractivity contribution in [2.75, 3.05) is 0 Å². The van der Waals surface area contributed by atoms with Crippen molar-refractivity contribution >= 4 is 5.97 Å². The normalized spacial score (nSPS) is 10.1. The summed E-state index contributed by atoms with van der Waals surface area (Å²) >= 11 is 0. The zero-order chi connectivity index (χ0) is 11.8. The van der Waals surface area contributed by atoms with Crippen LogP contribution in [-0.4, -0.2) is 5.97 Å². The number of hydrogen-bond donors (Lipinski definition) is 0. The summed E-state index contributed by atoms with van der Waals surface area (Å²) in [5.74, 6) is 10.4. The van der Waals surface area contributed by atoms with E-state index in [4.69, 9.17) is 4.74 Å². The van der Waals surface area contributed by atoms with Gasteiger partial charge in [-0.05, 0) is 24.7 Å². The van der Waals surface area contributed by atoms with E-state index >= 15 is 0 Å². The van der Waals surface area contributed by atoms with Gasteiger partial charge in [0.15, 0.2) is 6.10 Å². The average Bonchev–Trinajstić information content (AvgIpc) is 2.29. The highest BCUT2D eigenvalue weighted by Gasteiger charge is 2.10. The molecule has 0 radical (unpaired) electrons. The average molecular weight is 212 g/mol. The Morgan fingerprint density at radius 3 is 2.50 bits per heavy atom. The lowest BCUT2D eigenvalue weighted by atomic mass is 10.1. The molecule has 2 heteroatoms. The second-order valence-electron chi connectivity index (χ2n) is 3.04. The smallest absolute Gasteiger partial charge is 0.304 e. The van der Waals surface area contributed by atoms with Crippen molar-refractivity contribution < 1.29 is 9.53 Å². The van der Waals surface area contributed by atoms with Gasteiger partial charge in [-0.25, -0.2) is 0 Å². The van der Waals surface area contributed by atoms with Crippen LogP contribution in [0, 0.1) is 23.7 Å². The third-order valence-electron chi connectivity index (χ3n) is 1.78. The molecular weight excluding hydrogens is 200 g/mol. The van der Waals surface area contributed by atoms with Gasteiger partial charge < -0.3 is 4.74 Å². The number of carbonyl (C=O) groups is 1. The van der Waals surface area contributed by atoms with Gasteiger partial charge in [0.1, 0.15) is 0 Å². The Kier molecular flexibility index (Phi) is 4.70. The molecule has 0 aliphatic carbocycles. The molecular formula is C14H12O2. The molecule has 1 aromatic rings. The van der Waals surface area contributed by atoms with E-state index in [0.29, 0.717) is 0 Å². The third kappa shape index (κ3) is 3.90. The summed E-state index contributed by atoms with van der Waals surface area (Å²) in [5, 5.41) is 0. The fraction of sp³-hybridized carbons (Fsp3) is 0.214. The lowest BCUT2D eigenvalue weighted by Crippen LogP contribution is -2.06. The molecule has 0 spiro atoms. The zero-order valence-corrected chi connectivity index (χ0v) is 9.28. The standard InChI is InChI=1S/C14H12O2/c1-3-4-6-11-14(16-12(2)15)13-9-7-5-8-10-13/h5,7-10,14H,1-2H3. The van der Waals surface area contributed by atoms with E-state index in [1.54, 1.807) is 6.92 Å². The van der Waals surface area contributed by atoms with Gasteiger partial charge in [0.25, 0.3) is 0 Å².